The third-order valence-electron chi connectivity index (χ3n) is 3.16. The molecule has 0 radical (unpaired) electrons. The van der Waals surface area contributed by atoms with Crippen molar-refractivity contribution < 1.29 is 18.1 Å². The molecule has 0 spiro atoms. The molecule has 4 nitrogen and oxygen atoms in total. The smallest absolute Gasteiger partial charge is 0.230 e. The van der Waals surface area contributed by atoms with Crippen LogP contribution in [0.15, 0.2) is 59.1 Å². The summed E-state index contributed by atoms with van der Waals surface area (Å²) in [4.78, 5) is 11.9. The Hall–Kier alpha value is -3.02. The first-order valence-corrected chi connectivity index (χ1v) is 6.88. The van der Waals surface area contributed by atoms with Crippen LogP contribution in [0.1, 0.15) is 5.69 Å². The van der Waals surface area contributed by atoms with E-state index >= 15 is 0 Å². The van der Waals surface area contributed by atoms with E-state index in [2.05, 4.69) is 10.5 Å². The summed E-state index contributed by atoms with van der Waals surface area (Å²) in [6.07, 6.45) is -0.105. The number of nitrogens with one attached hydrogen (secondary N) is 1. The highest BCUT2D eigenvalue weighted by molar-refractivity contribution is 5.92. The zero-order chi connectivity index (χ0) is 16.2. The Morgan fingerprint density at radius 2 is 1.87 bits per heavy atom. The van der Waals surface area contributed by atoms with Crippen molar-refractivity contribution in [3.8, 4) is 11.3 Å². The molecule has 1 heterocycles. The van der Waals surface area contributed by atoms with Crippen molar-refractivity contribution in [2.75, 3.05) is 5.32 Å². The van der Waals surface area contributed by atoms with Crippen molar-refractivity contribution in [1.29, 1.82) is 0 Å². The molecule has 0 saturated heterocycles. The van der Waals surface area contributed by atoms with Crippen molar-refractivity contribution in [2.45, 2.75) is 6.42 Å². The second kappa shape index (κ2) is 6.39. The Morgan fingerprint density at radius 1 is 1.09 bits per heavy atom. The second-order valence-electron chi connectivity index (χ2n) is 4.90. The highest BCUT2D eigenvalue weighted by atomic mass is 19.1. The second-order valence-corrected chi connectivity index (χ2v) is 4.90. The Morgan fingerprint density at radius 3 is 2.65 bits per heavy atom. The van der Waals surface area contributed by atoms with Gasteiger partial charge in [-0.25, -0.2) is 8.78 Å². The van der Waals surface area contributed by atoms with E-state index < -0.39 is 17.5 Å². The average molecular weight is 314 g/mol. The van der Waals surface area contributed by atoms with Gasteiger partial charge in [0.15, 0.2) is 5.76 Å². The molecule has 0 saturated carbocycles. The first-order valence-electron chi connectivity index (χ1n) is 6.88. The van der Waals surface area contributed by atoms with Gasteiger partial charge in [-0.2, -0.15) is 0 Å². The molecular weight excluding hydrogens is 302 g/mol. The molecule has 3 rings (SSSR count). The van der Waals surface area contributed by atoms with Gasteiger partial charge in [0.1, 0.15) is 11.6 Å². The number of aromatic nitrogens is 1. The molecule has 23 heavy (non-hydrogen) atoms. The minimum absolute atomic E-state index is 0.105. The standard InChI is InChI=1S/C17H12F2N2O2/c18-12-6-7-14(19)15(8-12)20-17(22)10-13-9-16(23-21-13)11-4-2-1-3-5-11/h1-9H,10H2,(H,20,22). The van der Waals surface area contributed by atoms with Crippen molar-refractivity contribution in [3.05, 3.63) is 71.9 Å². The molecule has 0 unspecified atom stereocenters. The lowest BCUT2D eigenvalue weighted by Gasteiger charge is -2.05. The normalized spacial score (nSPS) is 10.5. The van der Waals surface area contributed by atoms with Gasteiger partial charge in [0, 0.05) is 17.7 Å². The van der Waals surface area contributed by atoms with E-state index in [1.165, 1.54) is 0 Å². The summed E-state index contributed by atoms with van der Waals surface area (Å²) in [5.74, 6) is -1.31. The van der Waals surface area contributed by atoms with Gasteiger partial charge in [0.25, 0.3) is 0 Å². The fourth-order valence-corrected chi connectivity index (χ4v) is 2.09. The van der Waals surface area contributed by atoms with E-state index in [0.29, 0.717) is 11.5 Å². The summed E-state index contributed by atoms with van der Waals surface area (Å²) >= 11 is 0. The molecule has 0 aliphatic carbocycles. The zero-order valence-electron chi connectivity index (χ0n) is 11.9. The Bertz CT molecular complexity index is 832. The average Bonchev–Trinajstić information content (AvgIpc) is 3.00. The monoisotopic (exact) mass is 314 g/mol. The van der Waals surface area contributed by atoms with E-state index in [1.807, 2.05) is 30.3 Å². The van der Waals surface area contributed by atoms with Gasteiger partial charge in [-0.1, -0.05) is 35.5 Å². The van der Waals surface area contributed by atoms with Crippen LogP contribution in [0.4, 0.5) is 14.5 Å². The van der Waals surface area contributed by atoms with Gasteiger partial charge in [0.2, 0.25) is 5.91 Å². The molecule has 1 amide bonds. The molecule has 1 aromatic heterocycles. The molecule has 0 fully saturated rings. The molecule has 0 bridgehead atoms. The first kappa shape index (κ1) is 14.9. The van der Waals surface area contributed by atoms with E-state index in [1.54, 1.807) is 6.07 Å². The number of anilines is 1. The molecule has 0 aliphatic heterocycles. The van der Waals surface area contributed by atoms with Gasteiger partial charge < -0.3 is 9.84 Å². The maximum Gasteiger partial charge on any atom is 0.230 e. The minimum Gasteiger partial charge on any atom is -0.356 e. The predicted molar refractivity (Wildman–Crippen MR) is 80.6 cm³/mol. The molecule has 116 valence electrons. The summed E-state index contributed by atoms with van der Waals surface area (Å²) in [6, 6.07) is 13.8. The number of amides is 1. The van der Waals surface area contributed by atoms with Crippen LogP contribution in [-0.4, -0.2) is 11.1 Å². The number of nitrogens with zero attached hydrogens (tertiary/aromatic N) is 1. The number of carbonyl (C=O) groups is 1. The van der Waals surface area contributed by atoms with Crippen LogP contribution in [0.25, 0.3) is 11.3 Å². The maximum absolute atomic E-state index is 13.5. The SMILES string of the molecule is O=C(Cc1cc(-c2ccccc2)on1)Nc1cc(F)ccc1F. The number of hydrogen-bond acceptors (Lipinski definition) is 3. The molecule has 1 N–H and O–H groups in total. The highest BCUT2D eigenvalue weighted by Gasteiger charge is 2.13. The summed E-state index contributed by atoms with van der Waals surface area (Å²) in [6.45, 7) is 0. The first-order chi connectivity index (χ1) is 11.1. The fourth-order valence-electron chi connectivity index (χ4n) is 2.09. The fraction of sp³-hybridized carbons (Fsp3) is 0.0588. The quantitative estimate of drug-likeness (QED) is 0.797. The van der Waals surface area contributed by atoms with Crippen LogP contribution in [0.5, 0.6) is 0 Å². The molecule has 6 heteroatoms. The van der Waals surface area contributed by atoms with Crippen molar-refractivity contribution >= 4 is 11.6 Å². The third-order valence-corrected chi connectivity index (χ3v) is 3.16. The number of hydrogen-bond donors (Lipinski definition) is 1. The highest BCUT2D eigenvalue weighted by Crippen LogP contribution is 2.20. The van der Waals surface area contributed by atoms with E-state index in [0.717, 1.165) is 23.8 Å². The summed E-state index contributed by atoms with van der Waals surface area (Å²) in [5, 5.41) is 6.12. The van der Waals surface area contributed by atoms with Crippen LogP contribution in [0.2, 0.25) is 0 Å². The van der Waals surface area contributed by atoms with Gasteiger partial charge in [-0.15, -0.1) is 0 Å². The van der Waals surface area contributed by atoms with Gasteiger partial charge in [0.05, 0.1) is 17.8 Å². The lowest BCUT2D eigenvalue weighted by molar-refractivity contribution is -0.115. The van der Waals surface area contributed by atoms with Crippen LogP contribution in [0.3, 0.4) is 0 Å². The molecule has 0 atom stereocenters. The van der Waals surface area contributed by atoms with E-state index in [4.69, 9.17) is 4.52 Å². The largest absolute Gasteiger partial charge is 0.356 e. The summed E-state index contributed by atoms with van der Waals surface area (Å²) in [5.41, 5.74) is 1.03. The number of halogens is 2. The number of benzene rings is 2. The number of rotatable bonds is 4. The number of carbonyl (C=O) groups excluding carboxylic acids is 1. The summed E-state index contributed by atoms with van der Waals surface area (Å²) in [7, 11) is 0. The Balaban J connectivity index is 1.69. The topological polar surface area (TPSA) is 55.1 Å². The van der Waals surface area contributed by atoms with Crippen molar-refractivity contribution in [2.24, 2.45) is 0 Å². The van der Waals surface area contributed by atoms with Crippen LogP contribution in [-0.2, 0) is 11.2 Å². The minimum atomic E-state index is -0.704. The van der Waals surface area contributed by atoms with Crippen LogP contribution < -0.4 is 5.32 Å². The van der Waals surface area contributed by atoms with Crippen molar-refractivity contribution in [3.63, 3.8) is 0 Å². The van der Waals surface area contributed by atoms with Gasteiger partial charge in [-0.05, 0) is 12.1 Å². The Labute approximate surface area is 130 Å². The van der Waals surface area contributed by atoms with Gasteiger partial charge in [-0.3, -0.25) is 4.79 Å². The lowest BCUT2D eigenvalue weighted by Crippen LogP contribution is -2.15. The van der Waals surface area contributed by atoms with E-state index in [-0.39, 0.29) is 12.1 Å². The van der Waals surface area contributed by atoms with Crippen molar-refractivity contribution in [1.82, 2.24) is 5.16 Å². The molecule has 3 aromatic rings. The van der Waals surface area contributed by atoms with E-state index in [9.17, 15) is 13.6 Å². The van der Waals surface area contributed by atoms with Crippen LogP contribution >= 0.6 is 0 Å². The predicted octanol–water partition coefficient (Wildman–Crippen LogP) is 3.80. The molecule has 0 aliphatic rings. The zero-order valence-corrected chi connectivity index (χ0v) is 11.9. The molecule has 2 aromatic carbocycles. The summed E-state index contributed by atoms with van der Waals surface area (Å²) < 4.78 is 31.7. The van der Waals surface area contributed by atoms with Gasteiger partial charge >= 0.3 is 0 Å². The maximum atomic E-state index is 13.5. The molecular formula is C17H12F2N2O2. The van der Waals surface area contributed by atoms with Crippen LogP contribution in [0, 0.1) is 11.6 Å². The Kier molecular flexibility index (Phi) is 4.14. The lowest BCUT2D eigenvalue weighted by atomic mass is 10.1. The third kappa shape index (κ3) is 3.60.